The Bertz CT molecular complexity index is 674. The topological polar surface area (TPSA) is 35.5 Å². The number of ether oxygens (including phenoxy) is 2. The number of halogens is 3. The van der Waals surface area contributed by atoms with Gasteiger partial charge >= 0.3 is 5.97 Å². The van der Waals surface area contributed by atoms with Gasteiger partial charge in [-0.3, -0.25) is 0 Å². The largest absolute Gasteiger partial charge is 0.496 e. The fraction of sp³-hybridized carbons (Fsp3) is 0.133. The van der Waals surface area contributed by atoms with Crippen LogP contribution in [0.2, 0.25) is 0 Å². The maximum absolute atomic E-state index is 13.2. The molecule has 6 heteroatoms. The quantitative estimate of drug-likeness (QED) is 0.774. The van der Waals surface area contributed by atoms with Crippen molar-refractivity contribution in [3.8, 4) is 5.75 Å². The summed E-state index contributed by atoms with van der Waals surface area (Å²) in [6, 6.07) is 7.56. The van der Waals surface area contributed by atoms with E-state index in [0.29, 0.717) is 15.8 Å². The molecule has 21 heavy (non-hydrogen) atoms. The molecule has 0 fully saturated rings. The third kappa shape index (κ3) is 3.78. The summed E-state index contributed by atoms with van der Waals surface area (Å²) in [4.78, 5) is 11.9. The van der Waals surface area contributed by atoms with Crippen LogP contribution in [-0.4, -0.2) is 13.1 Å². The molecule has 0 saturated carbocycles. The number of methoxy groups -OCH3 is 1. The molecule has 0 bridgehead atoms. The number of esters is 1. The van der Waals surface area contributed by atoms with Crippen molar-refractivity contribution in [3.05, 3.63) is 63.6 Å². The van der Waals surface area contributed by atoms with E-state index in [4.69, 9.17) is 9.47 Å². The van der Waals surface area contributed by atoms with Crippen LogP contribution in [0.5, 0.6) is 5.75 Å². The summed E-state index contributed by atoms with van der Waals surface area (Å²) in [5.41, 5.74) is 0.593. The van der Waals surface area contributed by atoms with E-state index in [2.05, 4.69) is 15.9 Å². The van der Waals surface area contributed by atoms with E-state index < -0.39 is 17.6 Å². The fourth-order valence-corrected chi connectivity index (χ4v) is 2.25. The number of benzene rings is 2. The van der Waals surface area contributed by atoms with Crippen LogP contribution in [0.15, 0.2) is 40.9 Å². The van der Waals surface area contributed by atoms with E-state index in [1.165, 1.54) is 37.4 Å². The minimum absolute atomic E-state index is 0.149. The van der Waals surface area contributed by atoms with Crippen molar-refractivity contribution < 1.29 is 23.0 Å². The van der Waals surface area contributed by atoms with Crippen molar-refractivity contribution in [3.63, 3.8) is 0 Å². The fourth-order valence-electron chi connectivity index (χ4n) is 1.74. The zero-order chi connectivity index (χ0) is 15.4. The molecule has 0 unspecified atom stereocenters. The Hall–Kier alpha value is -1.95. The lowest BCUT2D eigenvalue weighted by molar-refractivity contribution is 0.0468. The van der Waals surface area contributed by atoms with Gasteiger partial charge in [-0.2, -0.15) is 0 Å². The number of carbonyl (C=O) groups excluding carboxylic acids is 1. The second-order valence-corrected chi connectivity index (χ2v) is 5.01. The Morgan fingerprint density at radius 1 is 1.14 bits per heavy atom. The first-order valence-electron chi connectivity index (χ1n) is 5.96. The predicted molar refractivity (Wildman–Crippen MR) is 76.2 cm³/mol. The molecule has 0 amide bonds. The van der Waals surface area contributed by atoms with Gasteiger partial charge in [0, 0.05) is 10.0 Å². The zero-order valence-electron chi connectivity index (χ0n) is 11.0. The van der Waals surface area contributed by atoms with E-state index >= 15 is 0 Å². The molecule has 0 spiro atoms. The van der Waals surface area contributed by atoms with Gasteiger partial charge in [-0.05, 0) is 52.3 Å². The highest BCUT2D eigenvalue weighted by molar-refractivity contribution is 9.10. The molecular formula is C15H11BrF2O3. The van der Waals surface area contributed by atoms with E-state index in [1.54, 1.807) is 0 Å². The van der Waals surface area contributed by atoms with Crippen LogP contribution in [0, 0.1) is 11.6 Å². The van der Waals surface area contributed by atoms with Crippen LogP contribution in [0.3, 0.4) is 0 Å². The van der Waals surface area contributed by atoms with Gasteiger partial charge in [0.05, 0.1) is 12.7 Å². The number of carbonyl (C=O) groups is 1. The first-order chi connectivity index (χ1) is 10.0. The normalized spacial score (nSPS) is 10.3. The maximum atomic E-state index is 13.2. The SMILES string of the molecule is COc1ccc(F)cc1COC(=O)c1ccc(F)cc1Br. The molecule has 0 aliphatic rings. The zero-order valence-corrected chi connectivity index (χ0v) is 12.6. The average Bonchev–Trinajstić information content (AvgIpc) is 2.45. The van der Waals surface area contributed by atoms with Gasteiger partial charge in [-0.25, -0.2) is 13.6 Å². The average molecular weight is 357 g/mol. The summed E-state index contributed by atoms with van der Waals surface area (Å²) in [7, 11) is 1.44. The molecule has 0 aliphatic heterocycles. The summed E-state index contributed by atoms with van der Waals surface area (Å²) in [6.07, 6.45) is 0. The van der Waals surface area contributed by atoms with Crippen LogP contribution in [0.4, 0.5) is 8.78 Å². The van der Waals surface area contributed by atoms with Crippen molar-refractivity contribution in [1.82, 2.24) is 0 Å². The van der Waals surface area contributed by atoms with Gasteiger partial charge < -0.3 is 9.47 Å². The summed E-state index contributed by atoms with van der Waals surface area (Å²) in [5.74, 6) is -1.15. The molecule has 0 aromatic heterocycles. The van der Waals surface area contributed by atoms with Crippen molar-refractivity contribution >= 4 is 21.9 Å². The van der Waals surface area contributed by atoms with Crippen molar-refractivity contribution in [2.24, 2.45) is 0 Å². The van der Waals surface area contributed by atoms with Gasteiger partial charge in [-0.15, -0.1) is 0 Å². The standard InChI is InChI=1S/C15H11BrF2O3/c1-20-14-5-3-10(17)6-9(14)8-21-15(19)12-4-2-11(18)7-13(12)16/h2-7H,8H2,1H3. The Morgan fingerprint density at radius 2 is 1.81 bits per heavy atom. The maximum Gasteiger partial charge on any atom is 0.339 e. The lowest BCUT2D eigenvalue weighted by atomic mass is 10.2. The van der Waals surface area contributed by atoms with Crippen LogP contribution >= 0.6 is 15.9 Å². The summed E-state index contributed by atoms with van der Waals surface area (Å²) >= 11 is 3.09. The van der Waals surface area contributed by atoms with Gasteiger partial charge in [0.2, 0.25) is 0 Å². The minimum atomic E-state index is -0.645. The molecule has 0 atom stereocenters. The minimum Gasteiger partial charge on any atom is -0.496 e. The number of hydrogen-bond donors (Lipinski definition) is 0. The Morgan fingerprint density at radius 3 is 2.48 bits per heavy atom. The highest BCUT2D eigenvalue weighted by Gasteiger charge is 2.14. The Kier molecular flexibility index (Phi) is 4.90. The van der Waals surface area contributed by atoms with Crippen LogP contribution in [-0.2, 0) is 11.3 Å². The van der Waals surface area contributed by atoms with Crippen LogP contribution in [0.25, 0.3) is 0 Å². The van der Waals surface area contributed by atoms with Gasteiger partial charge in [0.15, 0.2) is 0 Å². The highest BCUT2D eigenvalue weighted by atomic mass is 79.9. The monoisotopic (exact) mass is 356 g/mol. The van der Waals surface area contributed by atoms with Gasteiger partial charge in [0.1, 0.15) is 24.0 Å². The molecular weight excluding hydrogens is 346 g/mol. The molecule has 2 rings (SSSR count). The van der Waals surface area contributed by atoms with E-state index in [-0.39, 0.29) is 12.2 Å². The van der Waals surface area contributed by atoms with Crippen molar-refractivity contribution in [1.29, 1.82) is 0 Å². The van der Waals surface area contributed by atoms with Crippen molar-refractivity contribution in [2.45, 2.75) is 6.61 Å². The molecule has 2 aromatic carbocycles. The van der Waals surface area contributed by atoms with E-state index in [0.717, 1.165) is 6.07 Å². The summed E-state index contributed by atoms with van der Waals surface area (Å²) in [6.45, 7) is -0.149. The lowest BCUT2D eigenvalue weighted by Crippen LogP contribution is -2.07. The number of rotatable bonds is 4. The van der Waals surface area contributed by atoms with E-state index in [1.807, 2.05) is 0 Å². The number of hydrogen-bond acceptors (Lipinski definition) is 3. The van der Waals surface area contributed by atoms with Gasteiger partial charge in [0.25, 0.3) is 0 Å². The lowest BCUT2D eigenvalue weighted by Gasteiger charge is -2.10. The smallest absolute Gasteiger partial charge is 0.339 e. The molecule has 0 radical (unpaired) electrons. The molecule has 0 aliphatic carbocycles. The first kappa shape index (κ1) is 15.4. The van der Waals surface area contributed by atoms with Crippen LogP contribution < -0.4 is 4.74 Å². The second kappa shape index (κ2) is 6.67. The third-order valence-corrected chi connectivity index (χ3v) is 3.41. The molecule has 0 saturated heterocycles. The Labute approximate surface area is 128 Å². The first-order valence-corrected chi connectivity index (χ1v) is 6.75. The molecule has 2 aromatic rings. The predicted octanol–water partition coefficient (Wildman–Crippen LogP) is 4.09. The van der Waals surface area contributed by atoms with Crippen molar-refractivity contribution in [2.75, 3.05) is 7.11 Å². The molecule has 0 N–H and O–H groups in total. The van der Waals surface area contributed by atoms with E-state index in [9.17, 15) is 13.6 Å². The third-order valence-electron chi connectivity index (χ3n) is 2.75. The molecule has 110 valence electrons. The van der Waals surface area contributed by atoms with Crippen LogP contribution in [0.1, 0.15) is 15.9 Å². The molecule has 0 heterocycles. The van der Waals surface area contributed by atoms with Gasteiger partial charge in [-0.1, -0.05) is 0 Å². The second-order valence-electron chi connectivity index (χ2n) is 4.16. The molecule has 3 nitrogen and oxygen atoms in total. The highest BCUT2D eigenvalue weighted by Crippen LogP contribution is 2.22. The summed E-state index contributed by atoms with van der Waals surface area (Å²) in [5, 5.41) is 0. The Balaban J connectivity index is 2.12. The summed E-state index contributed by atoms with van der Waals surface area (Å²) < 4.78 is 36.6.